The van der Waals surface area contributed by atoms with E-state index in [0.29, 0.717) is 10.6 Å². The van der Waals surface area contributed by atoms with Gasteiger partial charge in [0.15, 0.2) is 0 Å². The molecule has 0 radical (unpaired) electrons. The minimum absolute atomic E-state index is 0.115. The number of oxime groups is 1. The molecule has 1 fully saturated rings. The number of nitrogens with one attached hydrogen (secondary N) is 1. The average molecular weight is 361 g/mol. The molecule has 0 saturated heterocycles. The first-order valence-corrected chi connectivity index (χ1v) is 7.42. The fourth-order valence-corrected chi connectivity index (χ4v) is 3.36. The Hall–Kier alpha value is -1.27. The summed E-state index contributed by atoms with van der Waals surface area (Å²) >= 11 is 9.23. The number of hydrogen-bond donors (Lipinski definition) is 3. The highest BCUT2D eigenvalue weighted by molar-refractivity contribution is 9.10. The highest BCUT2D eigenvalue weighted by atomic mass is 79.9. The first-order valence-electron chi connectivity index (χ1n) is 6.25. The van der Waals surface area contributed by atoms with Crippen LogP contribution in [-0.4, -0.2) is 23.0 Å². The summed E-state index contributed by atoms with van der Waals surface area (Å²) in [7, 11) is 0. The topological polar surface area (TPSA) is 87.7 Å². The number of nitrogens with two attached hydrogens (primary N) is 1. The number of amides is 1. The van der Waals surface area contributed by atoms with E-state index in [1.807, 2.05) is 0 Å². The standard InChI is InChI=1S/C13H15BrClN3O2/c14-8-4-7(5-9(15)6-8)13(19)17-11-3-1-2-10(11)12(16)18-20/h4-6,10-11,20H,1-3H2,(H2,16,18)(H,17,19). The van der Waals surface area contributed by atoms with Gasteiger partial charge in [0.2, 0.25) is 0 Å². The zero-order valence-electron chi connectivity index (χ0n) is 10.6. The first-order chi connectivity index (χ1) is 9.51. The Kier molecular flexibility index (Phi) is 4.88. The third kappa shape index (κ3) is 3.43. The fraction of sp³-hybridized carbons (Fsp3) is 0.385. The van der Waals surface area contributed by atoms with Crippen molar-refractivity contribution in [1.82, 2.24) is 5.32 Å². The van der Waals surface area contributed by atoms with Crippen molar-refractivity contribution in [2.75, 3.05) is 0 Å². The molecule has 1 aliphatic rings. The van der Waals surface area contributed by atoms with E-state index in [9.17, 15) is 4.79 Å². The predicted molar refractivity (Wildman–Crippen MR) is 81.2 cm³/mol. The Morgan fingerprint density at radius 1 is 1.45 bits per heavy atom. The summed E-state index contributed by atoms with van der Waals surface area (Å²) < 4.78 is 0.745. The molecule has 1 amide bonds. The van der Waals surface area contributed by atoms with Crippen molar-refractivity contribution in [3.8, 4) is 0 Å². The number of nitrogens with zero attached hydrogens (tertiary/aromatic N) is 1. The molecule has 4 N–H and O–H groups in total. The van der Waals surface area contributed by atoms with Crippen LogP contribution < -0.4 is 11.1 Å². The minimum Gasteiger partial charge on any atom is -0.409 e. The second kappa shape index (κ2) is 6.45. The van der Waals surface area contributed by atoms with Crippen molar-refractivity contribution >= 4 is 39.3 Å². The number of amidine groups is 1. The second-order valence-electron chi connectivity index (χ2n) is 4.80. The van der Waals surface area contributed by atoms with E-state index in [0.717, 1.165) is 23.7 Å². The van der Waals surface area contributed by atoms with Gasteiger partial charge in [0.25, 0.3) is 5.91 Å². The zero-order chi connectivity index (χ0) is 14.7. The Bertz CT molecular complexity index is 530. The Morgan fingerprint density at radius 2 is 2.20 bits per heavy atom. The predicted octanol–water partition coefficient (Wildman–Crippen LogP) is 2.75. The molecule has 2 atom stereocenters. The number of halogens is 2. The van der Waals surface area contributed by atoms with Crippen LogP contribution in [0.2, 0.25) is 5.02 Å². The largest absolute Gasteiger partial charge is 0.409 e. The molecule has 108 valence electrons. The van der Waals surface area contributed by atoms with Crippen LogP contribution in [0.1, 0.15) is 29.6 Å². The van der Waals surface area contributed by atoms with Gasteiger partial charge in [0, 0.05) is 27.0 Å². The van der Waals surface area contributed by atoms with Gasteiger partial charge in [-0.25, -0.2) is 0 Å². The number of hydrogen-bond acceptors (Lipinski definition) is 3. The normalized spacial score (nSPS) is 22.8. The van der Waals surface area contributed by atoms with Crippen molar-refractivity contribution in [1.29, 1.82) is 0 Å². The monoisotopic (exact) mass is 359 g/mol. The van der Waals surface area contributed by atoms with Crippen LogP contribution in [-0.2, 0) is 0 Å². The zero-order valence-corrected chi connectivity index (χ0v) is 13.0. The van der Waals surface area contributed by atoms with Gasteiger partial charge in [-0.1, -0.05) is 39.1 Å². The summed E-state index contributed by atoms with van der Waals surface area (Å²) in [6.45, 7) is 0. The Morgan fingerprint density at radius 3 is 2.85 bits per heavy atom. The molecule has 20 heavy (non-hydrogen) atoms. The molecule has 0 spiro atoms. The fourth-order valence-electron chi connectivity index (χ4n) is 2.50. The van der Waals surface area contributed by atoms with Crippen LogP contribution in [0.25, 0.3) is 0 Å². The number of benzene rings is 1. The quantitative estimate of drug-likeness (QED) is 0.335. The lowest BCUT2D eigenvalue weighted by Crippen LogP contribution is -2.42. The molecule has 0 aromatic heterocycles. The van der Waals surface area contributed by atoms with Crippen LogP contribution in [0.15, 0.2) is 27.8 Å². The van der Waals surface area contributed by atoms with E-state index in [2.05, 4.69) is 26.4 Å². The summed E-state index contributed by atoms with van der Waals surface area (Å²) in [4.78, 5) is 12.2. The highest BCUT2D eigenvalue weighted by Crippen LogP contribution is 2.26. The van der Waals surface area contributed by atoms with Gasteiger partial charge in [-0.2, -0.15) is 0 Å². The van der Waals surface area contributed by atoms with E-state index in [4.69, 9.17) is 22.5 Å². The third-order valence-corrected chi connectivity index (χ3v) is 4.13. The average Bonchev–Trinajstić information content (AvgIpc) is 2.84. The lowest BCUT2D eigenvalue weighted by molar-refractivity contribution is 0.0933. The SMILES string of the molecule is N/C(=N/O)C1CCCC1NC(=O)c1cc(Cl)cc(Br)c1. The molecule has 7 heteroatoms. The van der Waals surface area contributed by atoms with Gasteiger partial charge in [-0.3, -0.25) is 4.79 Å². The lowest BCUT2D eigenvalue weighted by atomic mass is 10.0. The highest BCUT2D eigenvalue weighted by Gasteiger charge is 2.32. The van der Waals surface area contributed by atoms with E-state index >= 15 is 0 Å². The van der Waals surface area contributed by atoms with Gasteiger partial charge in [-0.05, 0) is 31.0 Å². The summed E-state index contributed by atoms with van der Waals surface area (Å²) in [5.74, 6) is -0.164. The van der Waals surface area contributed by atoms with Gasteiger partial charge >= 0.3 is 0 Å². The maximum Gasteiger partial charge on any atom is 0.251 e. The van der Waals surface area contributed by atoms with E-state index in [1.54, 1.807) is 18.2 Å². The molecule has 2 rings (SSSR count). The number of carbonyl (C=O) groups excluding carboxylic acids is 1. The van der Waals surface area contributed by atoms with Crippen LogP contribution in [0, 0.1) is 5.92 Å². The van der Waals surface area contributed by atoms with Crippen LogP contribution in [0.4, 0.5) is 0 Å². The van der Waals surface area contributed by atoms with Crippen molar-refractivity contribution in [2.24, 2.45) is 16.8 Å². The molecule has 0 bridgehead atoms. The Balaban J connectivity index is 2.11. The number of rotatable bonds is 3. The lowest BCUT2D eigenvalue weighted by Gasteiger charge is -2.20. The van der Waals surface area contributed by atoms with E-state index in [1.165, 1.54) is 0 Å². The molecule has 1 saturated carbocycles. The minimum atomic E-state index is -0.212. The maximum absolute atomic E-state index is 12.2. The second-order valence-corrected chi connectivity index (χ2v) is 6.15. The maximum atomic E-state index is 12.2. The van der Waals surface area contributed by atoms with E-state index in [-0.39, 0.29) is 23.7 Å². The van der Waals surface area contributed by atoms with Gasteiger partial charge < -0.3 is 16.3 Å². The van der Waals surface area contributed by atoms with Crippen LogP contribution in [0.5, 0.6) is 0 Å². The molecule has 2 unspecified atom stereocenters. The van der Waals surface area contributed by atoms with E-state index < -0.39 is 0 Å². The molecular formula is C13H15BrClN3O2. The van der Waals surface area contributed by atoms with Crippen molar-refractivity contribution in [2.45, 2.75) is 25.3 Å². The molecule has 5 nitrogen and oxygen atoms in total. The summed E-state index contributed by atoms with van der Waals surface area (Å²) in [6.07, 6.45) is 2.56. The van der Waals surface area contributed by atoms with Crippen LogP contribution in [0.3, 0.4) is 0 Å². The first kappa shape index (κ1) is 15.1. The van der Waals surface area contributed by atoms with Gasteiger partial charge in [0.05, 0.1) is 0 Å². The molecule has 1 aromatic rings. The van der Waals surface area contributed by atoms with Crippen LogP contribution >= 0.6 is 27.5 Å². The van der Waals surface area contributed by atoms with Crippen molar-refractivity contribution in [3.05, 3.63) is 33.3 Å². The van der Waals surface area contributed by atoms with Gasteiger partial charge in [0.1, 0.15) is 5.84 Å². The summed E-state index contributed by atoms with van der Waals surface area (Å²) in [6, 6.07) is 4.91. The molecule has 1 aliphatic carbocycles. The van der Waals surface area contributed by atoms with Crippen molar-refractivity contribution < 1.29 is 10.0 Å². The van der Waals surface area contributed by atoms with Gasteiger partial charge in [-0.15, -0.1) is 0 Å². The summed E-state index contributed by atoms with van der Waals surface area (Å²) in [5, 5.41) is 15.2. The Labute approximate surface area is 130 Å². The smallest absolute Gasteiger partial charge is 0.251 e. The molecule has 1 aromatic carbocycles. The number of carbonyl (C=O) groups is 1. The molecular weight excluding hydrogens is 346 g/mol. The summed E-state index contributed by atoms with van der Waals surface area (Å²) in [5.41, 5.74) is 6.13. The molecule has 0 heterocycles. The van der Waals surface area contributed by atoms with Crippen molar-refractivity contribution in [3.63, 3.8) is 0 Å². The molecule has 0 aliphatic heterocycles. The third-order valence-electron chi connectivity index (χ3n) is 3.45.